The van der Waals surface area contributed by atoms with E-state index < -0.39 is 0 Å². The molecule has 0 radical (unpaired) electrons. The molecule has 38 heavy (non-hydrogen) atoms. The van der Waals surface area contributed by atoms with Crippen LogP contribution in [0.4, 0.5) is 5.69 Å². The molecule has 4 atom stereocenters. The quantitative estimate of drug-likeness (QED) is 0.316. The molecular formula is C29H48N6O3. The van der Waals surface area contributed by atoms with Gasteiger partial charge in [-0.3, -0.25) is 14.4 Å². The van der Waals surface area contributed by atoms with Crippen molar-refractivity contribution in [1.82, 2.24) is 21.3 Å². The normalized spacial score (nSPS) is 26.3. The number of piperidine rings is 1. The van der Waals surface area contributed by atoms with E-state index in [1.165, 1.54) is 0 Å². The minimum atomic E-state index is -0.235. The molecule has 3 rings (SSSR count). The van der Waals surface area contributed by atoms with Crippen molar-refractivity contribution in [3.05, 3.63) is 28.8 Å². The van der Waals surface area contributed by atoms with E-state index in [0.29, 0.717) is 31.2 Å². The van der Waals surface area contributed by atoms with Crippen LogP contribution in [0.2, 0.25) is 0 Å². The highest BCUT2D eigenvalue weighted by molar-refractivity contribution is 5.97. The van der Waals surface area contributed by atoms with Crippen LogP contribution in [0.1, 0.15) is 80.3 Å². The molecule has 212 valence electrons. The molecule has 9 nitrogen and oxygen atoms in total. The molecule has 2 fully saturated rings. The fourth-order valence-electron chi connectivity index (χ4n) is 6.21. The van der Waals surface area contributed by atoms with Gasteiger partial charge >= 0.3 is 0 Å². The molecule has 1 aliphatic carbocycles. The number of nitrogens with zero attached hydrogens (tertiary/aromatic N) is 1. The predicted molar refractivity (Wildman–Crippen MR) is 152 cm³/mol. The molecule has 4 unspecified atom stereocenters. The summed E-state index contributed by atoms with van der Waals surface area (Å²) in [5.74, 6) is -0.0890. The Bertz CT molecular complexity index is 991. The number of likely N-dealkylation sites (N-methyl/N-ethyl adjacent to an activating group) is 1. The van der Waals surface area contributed by atoms with Gasteiger partial charge < -0.3 is 31.9 Å². The summed E-state index contributed by atoms with van der Waals surface area (Å²) in [5.41, 5.74) is 9.76. The van der Waals surface area contributed by atoms with E-state index in [-0.39, 0.29) is 47.6 Å². The van der Waals surface area contributed by atoms with Crippen molar-refractivity contribution in [2.45, 2.75) is 83.8 Å². The van der Waals surface area contributed by atoms with Gasteiger partial charge in [-0.1, -0.05) is 6.92 Å². The highest BCUT2D eigenvalue weighted by atomic mass is 16.2. The largest absolute Gasteiger partial charge is 0.371 e. The van der Waals surface area contributed by atoms with Crippen LogP contribution in [0.15, 0.2) is 12.1 Å². The van der Waals surface area contributed by atoms with Crippen LogP contribution in [0.5, 0.6) is 0 Å². The van der Waals surface area contributed by atoms with E-state index >= 15 is 0 Å². The molecule has 3 amide bonds. The Hall–Kier alpha value is -2.65. The number of carbonyl (C=O) groups is 3. The van der Waals surface area contributed by atoms with Gasteiger partial charge in [0.15, 0.2) is 0 Å². The Morgan fingerprint density at radius 2 is 1.87 bits per heavy atom. The SMILES string of the molecule is CNCC(CN)c1cc(C(=O)NCC2C(=O)NC(C)CC2C)c(C)c(N(C)[C@H]2CC[C@@H](NC(C)=O)CC2)c1. The highest BCUT2D eigenvalue weighted by Gasteiger charge is 2.33. The van der Waals surface area contributed by atoms with E-state index in [2.05, 4.69) is 46.2 Å². The third-order valence-electron chi connectivity index (χ3n) is 8.51. The molecule has 0 spiro atoms. The molecule has 2 aliphatic rings. The lowest BCUT2D eigenvalue weighted by Gasteiger charge is -2.37. The highest BCUT2D eigenvalue weighted by Crippen LogP contribution is 2.33. The fourth-order valence-corrected chi connectivity index (χ4v) is 6.21. The van der Waals surface area contributed by atoms with Gasteiger partial charge in [0, 0.05) is 68.9 Å². The van der Waals surface area contributed by atoms with Gasteiger partial charge in [-0.05, 0) is 82.2 Å². The van der Waals surface area contributed by atoms with Gasteiger partial charge in [0.1, 0.15) is 0 Å². The van der Waals surface area contributed by atoms with E-state index in [0.717, 1.165) is 48.9 Å². The minimum absolute atomic E-state index is 0.00882. The minimum Gasteiger partial charge on any atom is -0.371 e. The third kappa shape index (κ3) is 7.26. The molecule has 1 saturated carbocycles. The van der Waals surface area contributed by atoms with Crippen molar-refractivity contribution < 1.29 is 14.4 Å². The molecule has 0 aromatic heterocycles. The number of amides is 3. The molecule has 0 bridgehead atoms. The number of rotatable bonds is 10. The summed E-state index contributed by atoms with van der Waals surface area (Å²) in [7, 11) is 4.00. The number of nitrogens with one attached hydrogen (secondary N) is 4. The van der Waals surface area contributed by atoms with E-state index in [9.17, 15) is 14.4 Å². The smallest absolute Gasteiger partial charge is 0.251 e. The Kier molecular flexibility index (Phi) is 10.6. The van der Waals surface area contributed by atoms with Crippen LogP contribution in [0, 0.1) is 18.8 Å². The Morgan fingerprint density at radius 1 is 1.18 bits per heavy atom. The monoisotopic (exact) mass is 528 g/mol. The van der Waals surface area contributed by atoms with Crippen LogP contribution < -0.4 is 31.9 Å². The van der Waals surface area contributed by atoms with Gasteiger partial charge in [0.05, 0.1) is 5.92 Å². The van der Waals surface area contributed by atoms with E-state index in [1.54, 1.807) is 6.92 Å². The van der Waals surface area contributed by atoms with Gasteiger partial charge in [-0.25, -0.2) is 0 Å². The lowest BCUT2D eigenvalue weighted by Crippen LogP contribution is -2.50. The van der Waals surface area contributed by atoms with Crippen molar-refractivity contribution in [1.29, 1.82) is 0 Å². The Morgan fingerprint density at radius 3 is 2.45 bits per heavy atom. The molecule has 9 heteroatoms. The van der Waals surface area contributed by atoms with Crippen LogP contribution >= 0.6 is 0 Å². The average molecular weight is 529 g/mol. The summed E-state index contributed by atoms with van der Waals surface area (Å²) in [5, 5.41) is 12.4. The summed E-state index contributed by atoms with van der Waals surface area (Å²) in [4.78, 5) is 39.9. The summed E-state index contributed by atoms with van der Waals surface area (Å²) < 4.78 is 0. The zero-order chi connectivity index (χ0) is 28.0. The number of benzene rings is 1. The van der Waals surface area contributed by atoms with Gasteiger partial charge in [0.25, 0.3) is 5.91 Å². The Balaban J connectivity index is 1.84. The molecule has 1 saturated heterocycles. The first-order chi connectivity index (χ1) is 18.0. The first kappa shape index (κ1) is 29.9. The van der Waals surface area contributed by atoms with Crippen molar-refractivity contribution in [3.8, 4) is 0 Å². The molecule has 1 aromatic rings. The second kappa shape index (κ2) is 13.4. The summed E-state index contributed by atoms with van der Waals surface area (Å²) in [6, 6.07) is 4.86. The lowest BCUT2D eigenvalue weighted by molar-refractivity contribution is -0.129. The van der Waals surface area contributed by atoms with E-state index in [1.807, 2.05) is 27.0 Å². The number of carbonyl (C=O) groups excluding carboxylic acids is 3. The first-order valence-corrected chi connectivity index (χ1v) is 14.1. The second-order valence-electron chi connectivity index (χ2n) is 11.5. The van der Waals surface area contributed by atoms with Crippen LogP contribution in [0.25, 0.3) is 0 Å². The zero-order valence-corrected chi connectivity index (χ0v) is 24.0. The molecule has 6 N–H and O–H groups in total. The van der Waals surface area contributed by atoms with Crippen molar-refractivity contribution in [3.63, 3.8) is 0 Å². The second-order valence-corrected chi connectivity index (χ2v) is 11.5. The average Bonchev–Trinajstić information content (AvgIpc) is 2.86. The number of hydrogen-bond acceptors (Lipinski definition) is 6. The predicted octanol–water partition coefficient (Wildman–Crippen LogP) is 2.03. The summed E-state index contributed by atoms with van der Waals surface area (Å²) >= 11 is 0. The Labute approximate surface area is 228 Å². The lowest BCUT2D eigenvalue weighted by atomic mass is 9.84. The zero-order valence-electron chi connectivity index (χ0n) is 24.0. The van der Waals surface area contributed by atoms with Crippen molar-refractivity contribution in [2.24, 2.45) is 17.6 Å². The number of nitrogens with two attached hydrogens (primary N) is 1. The molecular weight excluding hydrogens is 480 g/mol. The first-order valence-electron chi connectivity index (χ1n) is 14.1. The molecule has 1 aliphatic heterocycles. The third-order valence-corrected chi connectivity index (χ3v) is 8.51. The summed E-state index contributed by atoms with van der Waals surface area (Å²) in [6.45, 7) is 9.16. The van der Waals surface area contributed by atoms with Crippen LogP contribution in [-0.2, 0) is 9.59 Å². The maximum Gasteiger partial charge on any atom is 0.251 e. The van der Waals surface area contributed by atoms with Gasteiger partial charge in [-0.15, -0.1) is 0 Å². The number of hydrogen-bond donors (Lipinski definition) is 5. The maximum absolute atomic E-state index is 13.6. The molecule has 1 aromatic carbocycles. The number of anilines is 1. The topological polar surface area (TPSA) is 129 Å². The summed E-state index contributed by atoms with van der Waals surface area (Å²) in [6.07, 6.45) is 4.72. The van der Waals surface area contributed by atoms with Gasteiger partial charge in [0.2, 0.25) is 11.8 Å². The van der Waals surface area contributed by atoms with Crippen LogP contribution in [-0.4, -0.2) is 69.6 Å². The van der Waals surface area contributed by atoms with E-state index in [4.69, 9.17) is 5.73 Å². The fraction of sp³-hybridized carbons (Fsp3) is 0.690. The standard InChI is InChI=1S/C29H48N6O3/c1-17-11-18(2)33-29(38)26(17)16-32-28(37)25-12-21(22(14-30)15-31-5)13-27(19(25)3)35(6)24-9-7-23(8-10-24)34-20(4)36/h12-13,17-18,22-24,26,31H,7-11,14-16,30H2,1-6H3,(H,32,37)(H,33,38)(H,34,36)/t17?,18?,22?,23-,24+,26?. The van der Waals surface area contributed by atoms with Gasteiger partial charge in [-0.2, -0.15) is 0 Å². The van der Waals surface area contributed by atoms with Crippen molar-refractivity contribution in [2.75, 3.05) is 38.6 Å². The van der Waals surface area contributed by atoms with Crippen LogP contribution in [0.3, 0.4) is 0 Å². The molecule has 1 heterocycles. The van der Waals surface area contributed by atoms with Crippen molar-refractivity contribution >= 4 is 23.4 Å². The maximum atomic E-state index is 13.6.